The van der Waals surface area contributed by atoms with Crippen LogP contribution in [0.3, 0.4) is 0 Å². The van der Waals surface area contributed by atoms with E-state index >= 15 is 0 Å². The van der Waals surface area contributed by atoms with Crippen LogP contribution in [0.1, 0.15) is 57.4 Å². The Morgan fingerprint density at radius 2 is 2.12 bits per heavy atom. The Morgan fingerprint density at radius 1 is 1.38 bits per heavy atom. The van der Waals surface area contributed by atoms with Crippen molar-refractivity contribution in [1.29, 1.82) is 0 Å². The first-order valence-electron chi connectivity index (χ1n) is 11.2. The molecule has 0 spiro atoms. The van der Waals surface area contributed by atoms with Gasteiger partial charge >= 0.3 is 5.97 Å². The molecule has 1 saturated heterocycles. The molecule has 2 N–H and O–H groups in total. The number of cyclic esters (lactones) is 1. The average Bonchev–Trinajstić information content (AvgIpc) is 2.80. The summed E-state index contributed by atoms with van der Waals surface area (Å²) in [5.41, 5.74) is -0.246. The van der Waals surface area contributed by atoms with Crippen LogP contribution in [-0.4, -0.2) is 67.1 Å². The number of pyridine rings is 1. The summed E-state index contributed by atoms with van der Waals surface area (Å²) in [6, 6.07) is 0.381. The van der Waals surface area contributed by atoms with Gasteiger partial charge in [-0.25, -0.2) is 9.78 Å². The molecule has 4 atom stereocenters. The molecule has 0 aliphatic carbocycles. The van der Waals surface area contributed by atoms with Crippen LogP contribution in [0.5, 0.6) is 11.5 Å². The molecule has 2 rings (SSSR count). The molecule has 1 amide bonds. The van der Waals surface area contributed by atoms with E-state index in [-0.39, 0.29) is 30.1 Å². The molecule has 1 aliphatic rings. The summed E-state index contributed by atoms with van der Waals surface area (Å²) < 4.78 is 22.6. The number of hydrogen-bond donors (Lipinski definition) is 2. The summed E-state index contributed by atoms with van der Waals surface area (Å²) in [6.45, 7) is 9.05. The standard InChI is InChI=1S/C23H36N2O7/c1-6-11-31-21-15(4)32-23(28)17(13-30-12-16(21)8-7-14(2)3)25-22(27)19-20(26)18(29-5)9-10-24-19/h9-10,14-17,21,26H,6-8,11-13H2,1-5H3,(H,25,27)/t15-,16-,17-,21-/m0/s1. The number of ether oxygens (including phenoxy) is 4. The van der Waals surface area contributed by atoms with Gasteiger partial charge in [0.05, 0.1) is 26.4 Å². The van der Waals surface area contributed by atoms with E-state index in [9.17, 15) is 14.7 Å². The molecule has 1 aromatic rings. The molecule has 1 aromatic heterocycles. The van der Waals surface area contributed by atoms with E-state index in [1.165, 1.54) is 19.4 Å². The van der Waals surface area contributed by atoms with Crippen LogP contribution in [-0.2, 0) is 19.0 Å². The zero-order valence-corrected chi connectivity index (χ0v) is 19.6. The number of hydrogen-bond acceptors (Lipinski definition) is 8. The third-order valence-electron chi connectivity index (χ3n) is 5.39. The Hall–Kier alpha value is -2.39. The molecule has 0 aromatic carbocycles. The van der Waals surface area contributed by atoms with Crippen molar-refractivity contribution < 1.29 is 33.6 Å². The number of nitrogens with one attached hydrogen (secondary N) is 1. The van der Waals surface area contributed by atoms with Crippen molar-refractivity contribution in [2.24, 2.45) is 11.8 Å². The van der Waals surface area contributed by atoms with Crippen molar-refractivity contribution in [1.82, 2.24) is 10.3 Å². The van der Waals surface area contributed by atoms with Crippen LogP contribution in [0.15, 0.2) is 12.3 Å². The number of nitrogens with zero attached hydrogens (tertiary/aromatic N) is 1. The molecule has 1 aliphatic heterocycles. The van der Waals surface area contributed by atoms with E-state index in [0.717, 1.165) is 19.3 Å². The quantitative estimate of drug-likeness (QED) is 0.550. The van der Waals surface area contributed by atoms with Crippen molar-refractivity contribution in [3.63, 3.8) is 0 Å². The summed E-state index contributed by atoms with van der Waals surface area (Å²) >= 11 is 0. The molecule has 2 heterocycles. The first-order valence-corrected chi connectivity index (χ1v) is 11.2. The lowest BCUT2D eigenvalue weighted by molar-refractivity contribution is -0.160. The van der Waals surface area contributed by atoms with E-state index in [4.69, 9.17) is 18.9 Å². The second kappa shape index (κ2) is 12.6. The highest BCUT2D eigenvalue weighted by Gasteiger charge is 2.35. The SMILES string of the molecule is CCCO[C@@H]1[C@@H](CCC(C)C)COC[C@H](NC(=O)c2nccc(OC)c2O)C(=O)O[C@H]1C. The van der Waals surface area contributed by atoms with Crippen LogP contribution < -0.4 is 10.1 Å². The third-order valence-corrected chi connectivity index (χ3v) is 5.39. The second-order valence-electron chi connectivity index (χ2n) is 8.48. The fourth-order valence-electron chi connectivity index (χ4n) is 3.63. The lowest BCUT2D eigenvalue weighted by atomic mass is 9.91. The summed E-state index contributed by atoms with van der Waals surface area (Å²) in [7, 11) is 1.37. The minimum absolute atomic E-state index is 0.0549. The summed E-state index contributed by atoms with van der Waals surface area (Å²) in [4.78, 5) is 29.4. The summed E-state index contributed by atoms with van der Waals surface area (Å²) in [5.74, 6) is -1.06. The van der Waals surface area contributed by atoms with Gasteiger partial charge in [0.2, 0.25) is 0 Å². The number of aromatic nitrogens is 1. The van der Waals surface area contributed by atoms with Crippen LogP contribution >= 0.6 is 0 Å². The molecular formula is C23H36N2O7. The van der Waals surface area contributed by atoms with Gasteiger partial charge in [-0.2, -0.15) is 0 Å². The van der Waals surface area contributed by atoms with Crippen molar-refractivity contribution >= 4 is 11.9 Å². The number of esters is 1. The molecule has 1 fully saturated rings. The van der Waals surface area contributed by atoms with Crippen molar-refractivity contribution in [2.45, 2.75) is 65.2 Å². The maximum Gasteiger partial charge on any atom is 0.331 e. The molecule has 9 heteroatoms. The van der Waals surface area contributed by atoms with Crippen molar-refractivity contribution in [3.8, 4) is 11.5 Å². The Bertz CT molecular complexity index is 756. The van der Waals surface area contributed by atoms with E-state index in [0.29, 0.717) is 19.1 Å². The van der Waals surface area contributed by atoms with E-state index in [2.05, 4.69) is 24.1 Å². The number of carbonyl (C=O) groups excluding carboxylic acids is 2. The molecule has 0 unspecified atom stereocenters. The van der Waals surface area contributed by atoms with Gasteiger partial charge < -0.3 is 29.4 Å². The van der Waals surface area contributed by atoms with Gasteiger partial charge in [-0.1, -0.05) is 27.2 Å². The Kier molecular flexibility index (Phi) is 10.2. The zero-order valence-electron chi connectivity index (χ0n) is 19.6. The average molecular weight is 453 g/mol. The molecule has 9 nitrogen and oxygen atoms in total. The Morgan fingerprint density at radius 3 is 2.78 bits per heavy atom. The minimum Gasteiger partial charge on any atom is -0.503 e. The fourth-order valence-corrected chi connectivity index (χ4v) is 3.63. The highest BCUT2D eigenvalue weighted by molar-refractivity contribution is 5.98. The van der Waals surface area contributed by atoms with E-state index in [1.54, 1.807) is 6.92 Å². The number of aromatic hydroxyl groups is 1. The highest BCUT2D eigenvalue weighted by atomic mass is 16.6. The molecule has 0 radical (unpaired) electrons. The normalized spacial score (nSPS) is 24.2. The minimum atomic E-state index is -1.05. The monoisotopic (exact) mass is 452 g/mol. The lowest BCUT2D eigenvalue weighted by Crippen LogP contribution is -2.46. The van der Waals surface area contributed by atoms with E-state index < -0.39 is 29.8 Å². The molecular weight excluding hydrogens is 416 g/mol. The van der Waals surface area contributed by atoms with Crippen molar-refractivity contribution in [2.75, 3.05) is 26.9 Å². The van der Waals surface area contributed by atoms with Gasteiger partial charge in [0.15, 0.2) is 23.2 Å². The molecule has 32 heavy (non-hydrogen) atoms. The third kappa shape index (κ3) is 7.06. The number of rotatable bonds is 9. The van der Waals surface area contributed by atoms with Gasteiger partial charge in [-0.15, -0.1) is 0 Å². The van der Waals surface area contributed by atoms with Crippen LogP contribution in [0, 0.1) is 11.8 Å². The zero-order chi connectivity index (χ0) is 23.7. The summed E-state index contributed by atoms with van der Waals surface area (Å²) in [6.07, 6.45) is 3.27. The van der Waals surface area contributed by atoms with Gasteiger partial charge in [-0.05, 0) is 25.7 Å². The first-order chi connectivity index (χ1) is 15.3. The molecule has 180 valence electrons. The maximum atomic E-state index is 12.8. The van der Waals surface area contributed by atoms with Crippen LogP contribution in [0.25, 0.3) is 0 Å². The predicted octanol–water partition coefficient (Wildman–Crippen LogP) is 2.70. The maximum absolute atomic E-state index is 12.8. The summed E-state index contributed by atoms with van der Waals surface area (Å²) in [5, 5.41) is 12.7. The lowest BCUT2D eigenvalue weighted by Gasteiger charge is -2.31. The smallest absolute Gasteiger partial charge is 0.331 e. The largest absolute Gasteiger partial charge is 0.503 e. The first kappa shape index (κ1) is 25.9. The van der Waals surface area contributed by atoms with E-state index in [1.807, 2.05) is 6.92 Å². The highest BCUT2D eigenvalue weighted by Crippen LogP contribution is 2.28. The van der Waals surface area contributed by atoms with Crippen molar-refractivity contribution in [3.05, 3.63) is 18.0 Å². The molecule has 0 saturated carbocycles. The number of carbonyl (C=O) groups is 2. The van der Waals surface area contributed by atoms with Gasteiger partial charge in [-0.3, -0.25) is 4.79 Å². The van der Waals surface area contributed by atoms with Crippen LogP contribution in [0.2, 0.25) is 0 Å². The van der Waals surface area contributed by atoms with Gasteiger partial charge in [0.1, 0.15) is 6.10 Å². The number of amides is 1. The van der Waals surface area contributed by atoms with Crippen LogP contribution in [0.4, 0.5) is 0 Å². The Balaban J connectivity index is 2.16. The Labute approximate surface area is 189 Å². The second-order valence-corrected chi connectivity index (χ2v) is 8.48. The van der Waals surface area contributed by atoms with Gasteiger partial charge in [0.25, 0.3) is 5.91 Å². The topological polar surface area (TPSA) is 116 Å². The molecule has 0 bridgehead atoms. The van der Waals surface area contributed by atoms with Gasteiger partial charge in [0, 0.05) is 24.8 Å². The fraction of sp³-hybridized carbons (Fsp3) is 0.696. The number of methoxy groups -OCH3 is 1. The predicted molar refractivity (Wildman–Crippen MR) is 118 cm³/mol.